The number of anilines is 2. The van der Waals surface area contributed by atoms with E-state index in [4.69, 9.17) is 0 Å². The minimum atomic E-state index is -4.60. The highest BCUT2D eigenvalue weighted by Crippen LogP contribution is 2.36. The summed E-state index contributed by atoms with van der Waals surface area (Å²) in [5.74, 6) is -0.765. The minimum absolute atomic E-state index is 0.0891. The highest BCUT2D eigenvalue weighted by atomic mass is 79.9. The molecule has 146 valence electrons. The van der Waals surface area contributed by atoms with Crippen molar-refractivity contribution in [1.29, 1.82) is 0 Å². The van der Waals surface area contributed by atoms with E-state index >= 15 is 0 Å². The number of alkyl halides is 3. The zero-order chi connectivity index (χ0) is 20.4. The molecule has 0 saturated carbocycles. The van der Waals surface area contributed by atoms with Crippen molar-refractivity contribution >= 4 is 43.2 Å². The summed E-state index contributed by atoms with van der Waals surface area (Å²) in [5.41, 5.74) is -0.0754. The SMILES string of the molecule is Cc1ccccc1N(CC(=O)Nc1ccc(Br)c(C(F)(F)F)c1)S(C)(=O)=O. The van der Waals surface area contributed by atoms with Crippen molar-refractivity contribution in [2.45, 2.75) is 13.1 Å². The molecule has 5 nitrogen and oxygen atoms in total. The van der Waals surface area contributed by atoms with Crippen molar-refractivity contribution in [1.82, 2.24) is 0 Å². The molecule has 0 aliphatic heterocycles. The van der Waals surface area contributed by atoms with Crippen LogP contribution in [0.25, 0.3) is 0 Å². The average Bonchev–Trinajstić information content (AvgIpc) is 2.53. The van der Waals surface area contributed by atoms with Crippen LogP contribution in [-0.2, 0) is 21.0 Å². The van der Waals surface area contributed by atoms with Gasteiger partial charge in [0.05, 0.1) is 17.5 Å². The Balaban J connectivity index is 2.26. The first-order chi connectivity index (χ1) is 12.4. The fraction of sp³-hybridized carbons (Fsp3) is 0.235. The third-order valence-electron chi connectivity index (χ3n) is 3.63. The number of hydrogen-bond acceptors (Lipinski definition) is 3. The molecular weight excluding hydrogens is 449 g/mol. The molecule has 0 fully saturated rings. The largest absolute Gasteiger partial charge is 0.417 e. The number of benzene rings is 2. The van der Waals surface area contributed by atoms with Crippen molar-refractivity contribution in [3.8, 4) is 0 Å². The van der Waals surface area contributed by atoms with Crippen molar-refractivity contribution in [2.75, 3.05) is 22.4 Å². The molecule has 1 amide bonds. The molecule has 0 heterocycles. The second kappa shape index (κ2) is 7.89. The number of carbonyl (C=O) groups is 1. The Labute approximate surface area is 163 Å². The van der Waals surface area contributed by atoms with Gasteiger partial charge in [0, 0.05) is 10.2 Å². The van der Waals surface area contributed by atoms with E-state index in [1.165, 1.54) is 6.07 Å². The summed E-state index contributed by atoms with van der Waals surface area (Å²) < 4.78 is 63.8. The lowest BCUT2D eigenvalue weighted by molar-refractivity contribution is -0.138. The van der Waals surface area contributed by atoms with E-state index in [9.17, 15) is 26.4 Å². The molecule has 0 aliphatic rings. The smallest absolute Gasteiger partial charge is 0.324 e. The van der Waals surface area contributed by atoms with Gasteiger partial charge in [-0.25, -0.2) is 8.42 Å². The van der Waals surface area contributed by atoms with Crippen LogP contribution < -0.4 is 9.62 Å². The maximum atomic E-state index is 13.0. The Morgan fingerprint density at radius 1 is 1.19 bits per heavy atom. The average molecular weight is 465 g/mol. The monoisotopic (exact) mass is 464 g/mol. The van der Waals surface area contributed by atoms with Crippen LogP contribution in [-0.4, -0.2) is 27.1 Å². The number of amides is 1. The first kappa shape index (κ1) is 21.2. The van der Waals surface area contributed by atoms with Crippen molar-refractivity contribution < 1.29 is 26.4 Å². The predicted octanol–water partition coefficient (Wildman–Crippen LogP) is 4.18. The molecule has 0 aliphatic carbocycles. The van der Waals surface area contributed by atoms with E-state index in [2.05, 4.69) is 21.2 Å². The number of nitrogens with zero attached hydrogens (tertiary/aromatic N) is 1. The summed E-state index contributed by atoms with van der Waals surface area (Å²) in [7, 11) is -3.78. The number of aryl methyl sites for hydroxylation is 1. The van der Waals surface area contributed by atoms with Gasteiger partial charge in [-0.05, 0) is 36.8 Å². The molecule has 1 N–H and O–H groups in total. The van der Waals surface area contributed by atoms with Gasteiger partial charge in [-0.2, -0.15) is 13.2 Å². The number of hydrogen-bond donors (Lipinski definition) is 1. The summed E-state index contributed by atoms with van der Waals surface area (Å²) in [6.07, 6.45) is -3.65. The van der Waals surface area contributed by atoms with Crippen molar-refractivity contribution in [3.05, 3.63) is 58.1 Å². The number of rotatable bonds is 5. The molecule has 2 aromatic carbocycles. The second-order valence-electron chi connectivity index (χ2n) is 5.80. The molecule has 2 rings (SSSR count). The molecule has 0 bridgehead atoms. The summed E-state index contributed by atoms with van der Waals surface area (Å²) >= 11 is 2.82. The first-order valence-electron chi connectivity index (χ1n) is 7.59. The number of sulfonamides is 1. The van der Waals surface area contributed by atoms with Gasteiger partial charge < -0.3 is 5.32 Å². The first-order valence-corrected chi connectivity index (χ1v) is 10.2. The highest BCUT2D eigenvalue weighted by Gasteiger charge is 2.33. The molecule has 0 radical (unpaired) electrons. The Morgan fingerprint density at radius 3 is 2.37 bits per heavy atom. The van der Waals surface area contributed by atoms with Crippen LogP contribution in [0.15, 0.2) is 46.9 Å². The molecule has 0 atom stereocenters. The van der Waals surface area contributed by atoms with Gasteiger partial charge in [-0.15, -0.1) is 0 Å². The molecule has 0 aromatic heterocycles. The van der Waals surface area contributed by atoms with E-state index in [1.807, 2.05) is 0 Å². The zero-order valence-electron chi connectivity index (χ0n) is 14.3. The van der Waals surface area contributed by atoms with Crippen LogP contribution in [0.3, 0.4) is 0 Å². The zero-order valence-corrected chi connectivity index (χ0v) is 16.7. The lowest BCUT2D eigenvalue weighted by Gasteiger charge is -2.23. The Kier molecular flexibility index (Phi) is 6.21. The fourth-order valence-corrected chi connectivity index (χ4v) is 3.76. The summed E-state index contributed by atoms with van der Waals surface area (Å²) in [6.45, 7) is 1.12. The van der Waals surface area contributed by atoms with E-state index in [1.54, 1.807) is 31.2 Å². The summed E-state index contributed by atoms with van der Waals surface area (Å²) in [6, 6.07) is 9.81. The molecule has 0 unspecified atom stereocenters. The maximum absolute atomic E-state index is 13.0. The van der Waals surface area contributed by atoms with Crippen LogP contribution in [0.4, 0.5) is 24.5 Å². The standard InChI is InChI=1S/C17H16BrF3N2O3S/c1-11-5-3-4-6-15(11)23(27(2,25)26)10-16(24)22-12-7-8-14(18)13(9-12)17(19,20)21/h3-9H,10H2,1-2H3,(H,22,24). The van der Waals surface area contributed by atoms with Gasteiger partial charge in [-0.3, -0.25) is 9.10 Å². The molecular formula is C17H16BrF3N2O3S. The molecule has 0 spiro atoms. The predicted molar refractivity (Wildman–Crippen MR) is 101 cm³/mol. The van der Waals surface area contributed by atoms with E-state index < -0.39 is 34.2 Å². The van der Waals surface area contributed by atoms with Crippen LogP contribution in [0.1, 0.15) is 11.1 Å². The van der Waals surface area contributed by atoms with Crippen LogP contribution in [0.5, 0.6) is 0 Å². The fourth-order valence-electron chi connectivity index (χ4n) is 2.38. The molecule has 2 aromatic rings. The van der Waals surface area contributed by atoms with E-state index in [0.29, 0.717) is 11.3 Å². The normalized spacial score (nSPS) is 11.9. The van der Waals surface area contributed by atoms with Crippen molar-refractivity contribution in [3.63, 3.8) is 0 Å². The third-order valence-corrected chi connectivity index (χ3v) is 5.45. The van der Waals surface area contributed by atoms with Gasteiger partial charge in [-0.1, -0.05) is 34.1 Å². The lowest BCUT2D eigenvalue weighted by atomic mass is 10.2. The van der Waals surface area contributed by atoms with Gasteiger partial charge in [0.1, 0.15) is 6.54 Å². The number of halogens is 4. The van der Waals surface area contributed by atoms with Gasteiger partial charge in [0.15, 0.2) is 0 Å². The maximum Gasteiger partial charge on any atom is 0.417 e. The second-order valence-corrected chi connectivity index (χ2v) is 8.56. The Morgan fingerprint density at radius 2 is 1.81 bits per heavy atom. The van der Waals surface area contributed by atoms with Crippen LogP contribution >= 0.6 is 15.9 Å². The summed E-state index contributed by atoms with van der Waals surface area (Å²) in [5, 5.41) is 2.31. The number of carbonyl (C=O) groups excluding carboxylic acids is 1. The third kappa shape index (κ3) is 5.46. The van der Waals surface area contributed by atoms with Gasteiger partial charge >= 0.3 is 6.18 Å². The number of nitrogens with one attached hydrogen (secondary N) is 1. The topological polar surface area (TPSA) is 66.5 Å². The van der Waals surface area contributed by atoms with Crippen LogP contribution in [0, 0.1) is 6.92 Å². The number of para-hydroxylation sites is 1. The minimum Gasteiger partial charge on any atom is -0.324 e. The molecule has 0 saturated heterocycles. The highest BCUT2D eigenvalue weighted by molar-refractivity contribution is 9.10. The van der Waals surface area contributed by atoms with Crippen LogP contribution in [0.2, 0.25) is 0 Å². The van der Waals surface area contributed by atoms with Gasteiger partial charge in [0.2, 0.25) is 15.9 Å². The molecule has 10 heteroatoms. The Bertz CT molecular complexity index is 962. The van der Waals surface area contributed by atoms with Gasteiger partial charge in [0.25, 0.3) is 0 Å². The van der Waals surface area contributed by atoms with Crippen molar-refractivity contribution in [2.24, 2.45) is 0 Å². The van der Waals surface area contributed by atoms with E-state index in [-0.39, 0.29) is 10.2 Å². The molecule has 27 heavy (non-hydrogen) atoms. The lowest BCUT2D eigenvalue weighted by Crippen LogP contribution is -2.37. The summed E-state index contributed by atoms with van der Waals surface area (Å²) in [4.78, 5) is 12.3. The Hall–Kier alpha value is -2.07. The van der Waals surface area contributed by atoms with E-state index in [0.717, 1.165) is 22.7 Å². The quantitative estimate of drug-likeness (QED) is 0.721.